The van der Waals surface area contributed by atoms with Crippen molar-refractivity contribution in [3.05, 3.63) is 0 Å². The molecule has 0 aromatic carbocycles. The van der Waals surface area contributed by atoms with E-state index in [1.165, 1.54) is 51.4 Å². The van der Waals surface area contributed by atoms with Crippen molar-refractivity contribution in [2.24, 2.45) is 34.9 Å². The topological polar surface area (TPSA) is 38.0 Å². The highest BCUT2D eigenvalue weighted by molar-refractivity contribution is 5.02. The molecule has 2 heteroatoms. The maximum absolute atomic E-state index is 5.86. The van der Waals surface area contributed by atoms with E-state index in [0.717, 1.165) is 23.7 Å². The average molecular weight is 262 g/mol. The minimum Gasteiger partial charge on any atom is -0.271 e. The molecule has 0 saturated heterocycles. The Bertz CT molecular complexity index is 299. The molecule has 108 valence electrons. The van der Waals surface area contributed by atoms with Gasteiger partial charge in [0.05, 0.1) is 0 Å². The van der Waals surface area contributed by atoms with E-state index < -0.39 is 0 Å². The molecule has 0 aromatic rings. The molecule has 4 bridgehead atoms. The zero-order chi connectivity index (χ0) is 12.9. The summed E-state index contributed by atoms with van der Waals surface area (Å²) < 4.78 is 0. The van der Waals surface area contributed by atoms with Gasteiger partial charge in [0.1, 0.15) is 0 Å². The van der Waals surface area contributed by atoms with Gasteiger partial charge in [-0.2, -0.15) is 0 Å². The molecular formula is C17H30N2. The summed E-state index contributed by atoms with van der Waals surface area (Å²) in [5, 5.41) is 0. The largest absolute Gasteiger partial charge is 0.271 e. The van der Waals surface area contributed by atoms with E-state index in [4.69, 9.17) is 5.84 Å². The summed E-state index contributed by atoms with van der Waals surface area (Å²) in [6.45, 7) is 0. The van der Waals surface area contributed by atoms with Crippen molar-refractivity contribution in [2.75, 3.05) is 0 Å². The zero-order valence-corrected chi connectivity index (χ0v) is 12.2. The van der Waals surface area contributed by atoms with E-state index in [1.54, 1.807) is 19.3 Å². The Morgan fingerprint density at radius 2 is 1.58 bits per heavy atom. The second-order valence-corrected chi connectivity index (χ2v) is 8.51. The predicted octanol–water partition coefficient (Wildman–Crippen LogP) is 3.62. The summed E-state index contributed by atoms with van der Waals surface area (Å²) >= 11 is 0. The lowest BCUT2D eigenvalue weighted by atomic mass is 9.48. The second-order valence-electron chi connectivity index (χ2n) is 8.51. The summed E-state index contributed by atoms with van der Waals surface area (Å²) in [5.74, 6) is 10.1. The van der Waals surface area contributed by atoms with Crippen LogP contribution in [0.3, 0.4) is 0 Å². The van der Waals surface area contributed by atoms with Gasteiger partial charge in [0.25, 0.3) is 0 Å². The van der Waals surface area contributed by atoms with Gasteiger partial charge in [-0.3, -0.25) is 11.3 Å². The zero-order valence-electron chi connectivity index (χ0n) is 12.2. The lowest BCUT2D eigenvalue weighted by Crippen LogP contribution is -2.49. The van der Waals surface area contributed by atoms with Crippen LogP contribution in [-0.4, -0.2) is 6.04 Å². The molecule has 1 atom stereocenters. The quantitative estimate of drug-likeness (QED) is 0.567. The number of rotatable bonds is 6. The first-order valence-corrected chi connectivity index (χ1v) is 8.71. The first kappa shape index (κ1) is 12.6. The van der Waals surface area contributed by atoms with Gasteiger partial charge in [-0.25, -0.2) is 0 Å². The molecule has 0 heterocycles. The van der Waals surface area contributed by atoms with Gasteiger partial charge in [-0.1, -0.05) is 12.8 Å². The smallest absolute Gasteiger partial charge is 0.0215 e. The van der Waals surface area contributed by atoms with Crippen molar-refractivity contribution in [2.45, 2.75) is 76.7 Å². The molecule has 5 aliphatic rings. The number of nitrogens with one attached hydrogen (secondary N) is 1. The van der Waals surface area contributed by atoms with E-state index in [2.05, 4.69) is 5.43 Å². The van der Waals surface area contributed by atoms with Gasteiger partial charge in [-0.05, 0) is 86.9 Å². The van der Waals surface area contributed by atoms with E-state index in [0.29, 0.717) is 11.5 Å². The molecular weight excluding hydrogens is 232 g/mol. The van der Waals surface area contributed by atoms with Crippen LogP contribution in [0.1, 0.15) is 70.6 Å². The first-order chi connectivity index (χ1) is 9.25. The normalized spacial score (nSPS) is 45.6. The minimum absolute atomic E-state index is 0.594. The molecule has 0 aromatic heterocycles. The molecule has 5 saturated carbocycles. The lowest BCUT2D eigenvalue weighted by Gasteiger charge is -2.57. The van der Waals surface area contributed by atoms with Gasteiger partial charge in [0.2, 0.25) is 0 Å². The second kappa shape index (κ2) is 4.73. The number of hydrazine groups is 1. The molecule has 2 nitrogen and oxygen atoms in total. The Kier molecular flexibility index (Phi) is 3.15. The van der Waals surface area contributed by atoms with Gasteiger partial charge in [0.15, 0.2) is 0 Å². The van der Waals surface area contributed by atoms with Crippen LogP contribution < -0.4 is 11.3 Å². The Hall–Kier alpha value is -0.0800. The molecule has 19 heavy (non-hydrogen) atoms. The van der Waals surface area contributed by atoms with Crippen molar-refractivity contribution in [3.63, 3.8) is 0 Å². The standard InChI is InChI=1S/C17H30N2/c18-19-16(4-3-12-1-2-12)11-17-8-13-5-14(9-17)7-15(6-13)10-17/h12-16,19H,1-11,18H2. The summed E-state index contributed by atoms with van der Waals surface area (Å²) in [6, 6.07) is 0.594. The molecule has 0 spiro atoms. The van der Waals surface area contributed by atoms with Gasteiger partial charge >= 0.3 is 0 Å². The van der Waals surface area contributed by atoms with E-state index in [-0.39, 0.29) is 0 Å². The van der Waals surface area contributed by atoms with Crippen molar-refractivity contribution in [1.82, 2.24) is 5.43 Å². The third kappa shape index (κ3) is 2.58. The molecule has 0 radical (unpaired) electrons. The number of hydrogen-bond donors (Lipinski definition) is 2. The van der Waals surface area contributed by atoms with Crippen LogP contribution in [0.5, 0.6) is 0 Å². The maximum Gasteiger partial charge on any atom is 0.0215 e. The van der Waals surface area contributed by atoms with Gasteiger partial charge < -0.3 is 0 Å². The Morgan fingerprint density at radius 1 is 1.00 bits per heavy atom. The lowest BCUT2D eigenvalue weighted by molar-refractivity contribution is -0.0625. The van der Waals surface area contributed by atoms with Crippen LogP contribution in [0, 0.1) is 29.1 Å². The fourth-order valence-corrected chi connectivity index (χ4v) is 6.15. The summed E-state index contributed by atoms with van der Waals surface area (Å²) in [7, 11) is 0. The van der Waals surface area contributed by atoms with Crippen LogP contribution in [0.2, 0.25) is 0 Å². The number of nitrogens with two attached hydrogens (primary N) is 1. The minimum atomic E-state index is 0.594. The molecule has 0 aliphatic heterocycles. The average Bonchev–Trinajstić information content (AvgIpc) is 3.16. The first-order valence-electron chi connectivity index (χ1n) is 8.71. The molecule has 5 aliphatic carbocycles. The molecule has 0 amide bonds. The van der Waals surface area contributed by atoms with Crippen LogP contribution in [0.15, 0.2) is 0 Å². The summed E-state index contributed by atoms with van der Waals surface area (Å²) in [5.41, 5.74) is 3.85. The van der Waals surface area contributed by atoms with Crippen LogP contribution in [0.25, 0.3) is 0 Å². The summed E-state index contributed by atoms with van der Waals surface area (Å²) in [6.07, 6.45) is 16.3. The highest BCUT2D eigenvalue weighted by Crippen LogP contribution is 2.61. The molecule has 5 fully saturated rings. The molecule has 1 unspecified atom stereocenters. The van der Waals surface area contributed by atoms with Gasteiger partial charge in [0, 0.05) is 6.04 Å². The number of hydrogen-bond acceptors (Lipinski definition) is 2. The SMILES string of the molecule is NNC(CCC1CC1)CC12CC3CC(CC(C3)C1)C2. The highest BCUT2D eigenvalue weighted by atomic mass is 15.2. The van der Waals surface area contributed by atoms with E-state index in [9.17, 15) is 0 Å². The van der Waals surface area contributed by atoms with Crippen LogP contribution >= 0.6 is 0 Å². The fraction of sp³-hybridized carbons (Fsp3) is 1.00. The van der Waals surface area contributed by atoms with Crippen LogP contribution in [0.4, 0.5) is 0 Å². The van der Waals surface area contributed by atoms with Crippen LogP contribution in [-0.2, 0) is 0 Å². The molecule has 3 N–H and O–H groups in total. The molecule has 5 rings (SSSR count). The third-order valence-electron chi connectivity index (χ3n) is 6.70. The van der Waals surface area contributed by atoms with E-state index >= 15 is 0 Å². The Morgan fingerprint density at radius 3 is 2.05 bits per heavy atom. The predicted molar refractivity (Wildman–Crippen MR) is 78.3 cm³/mol. The van der Waals surface area contributed by atoms with Crippen molar-refractivity contribution in [1.29, 1.82) is 0 Å². The third-order valence-corrected chi connectivity index (χ3v) is 6.70. The van der Waals surface area contributed by atoms with Gasteiger partial charge in [-0.15, -0.1) is 0 Å². The Balaban J connectivity index is 1.39. The monoisotopic (exact) mass is 262 g/mol. The van der Waals surface area contributed by atoms with E-state index in [1.807, 2.05) is 0 Å². The highest BCUT2D eigenvalue weighted by Gasteiger charge is 2.51. The Labute approximate surface area is 117 Å². The summed E-state index contributed by atoms with van der Waals surface area (Å²) in [4.78, 5) is 0. The fourth-order valence-electron chi connectivity index (χ4n) is 6.15. The van der Waals surface area contributed by atoms with Crippen molar-refractivity contribution < 1.29 is 0 Å². The van der Waals surface area contributed by atoms with Crippen molar-refractivity contribution >= 4 is 0 Å². The van der Waals surface area contributed by atoms with Crippen molar-refractivity contribution in [3.8, 4) is 0 Å². The maximum atomic E-state index is 5.86.